The average Bonchev–Trinajstić information content (AvgIpc) is 3.25. The number of carbonyl (C=O) groups excluding carboxylic acids is 2. The minimum absolute atomic E-state index is 0.225. The Morgan fingerprint density at radius 1 is 1.03 bits per heavy atom. The van der Waals surface area contributed by atoms with Crippen LogP contribution in [-0.4, -0.2) is 46.3 Å². The van der Waals surface area contributed by atoms with Crippen LogP contribution < -0.4 is 10.1 Å². The first kappa shape index (κ1) is 23.8. The summed E-state index contributed by atoms with van der Waals surface area (Å²) in [5.74, 6) is -1.22. The molecule has 0 saturated carbocycles. The summed E-state index contributed by atoms with van der Waals surface area (Å²) in [6.45, 7) is -0.0791. The van der Waals surface area contributed by atoms with Gasteiger partial charge in [-0.1, -0.05) is 41.9 Å². The molecule has 0 aliphatic carbocycles. The lowest BCUT2D eigenvalue weighted by atomic mass is 10.0. The van der Waals surface area contributed by atoms with Gasteiger partial charge in [-0.25, -0.2) is 14.3 Å². The second kappa shape index (κ2) is 10.3. The smallest absolute Gasteiger partial charge is 0.417 e. The Morgan fingerprint density at radius 2 is 1.80 bits per heavy atom. The molecule has 1 aromatic heterocycles. The molecule has 10 heteroatoms. The molecule has 0 aliphatic rings. The third-order valence-corrected chi connectivity index (χ3v) is 5.37. The van der Waals surface area contributed by atoms with E-state index in [-0.39, 0.29) is 11.3 Å². The first-order valence-corrected chi connectivity index (χ1v) is 10.8. The maximum absolute atomic E-state index is 12.5. The lowest BCUT2D eigenvalue weighted by Gasteiger charge is -2.09. The number of hydrogen-bond acceptors (Lipinski definition) is 6. The number of nitrogens with one attached hydrogen (secondary N) is 1. The molecule has 0 saturated heterocycles. The van der Waals surface area contributed by atoms with Gasteiger partial charge < -0.3 is 19.9 Å². The Balaban J connectivity index is 1.62. The lowest BCUT2D eigenvalue weighted by molar-refractivity contribution is -0.139. The number of halogens is 1. The Morgan fingerprint density at radius 3 is 2.54 bits per heavy atom. The maximum atomic E-state index is 12.5. The molecule has 0 unspecified atom stereocenters. The minimum Gasteiger partial charge on any atom is -0.489 e. The minimum atomic E-state index is -1.38. The van der Waals surface area contributed by atoms with Gasteiger partial charge in [0.25, 0.3) is 5.91 Å². The highest BCUT2D eigenvalue weighted by molar-refractivity contribution is 6.30. The summed E-state index contributed by atoms with van der Waals surface area (Å²) in [6.07, 6.45) is -1.38. The van der Waals surface area contributed by atoms with Gasteiger partial charge in [-0.3, -0.25) is 9.59 Å². The number of nitrogens with zero attached hydrogens (tertiary/aromatic N) is 2. The summed E-state index contributed by atoms with van der Waals surface area (Å²) >= 11 is 6.02. The molecule has 2 N–H and O–H groups in total. The number of amides is 1. The predicted octanol–water partition coefficient (Wildman–Crippen LogP) is 4.36. The van der Waals surface area contributed by atoms with Crippen LogP contribution in [-0.2, 0) is 16.1 Å². The highest BCUT2D eigenvalue weighted by Gasteiger charge is 2.22. The zero-order valence-electron chi connectivity index (χ0n) is 18.5. The SMILES string of the molecule is COC(=O)CNC(=O)c1nc2ccc(-c3cccc(OCc4cccc(Cl)c4)c3)cc2n1C(=O)O. The van der Waals surface area contributed by atoms with Gasteiger partial charge >= 0.3 is 12.1 Å². The number of methoxy groups -OCH3 is 1. The Bertz CT molecular complexity index is 1430. The Kier molecular flexibility index (Phi) is 6.98. The van der Waals surface area contributed by atoms with E-state index in [1.54, 1.807) is 24.3 Å². The van der Waals surface area contributed by atoms with E-state index in [1.807, 2.05) is 42.5 Å². The predicted molar refractivity (Wildman–Crippen MR) is 129 cm³/mol. The molecule has 0 radical (unpaired) electrons. The van der Waals surface area contributed by atoms with Gasteiger partial charge in [0, 0.05) is 5.02 Å². The largest absolute Gasteiger partial charge is 0.489 e. The van der Waals surface area contributed by atoms with Crippen LogP contribution in [0.1, 0.15) is 16.2 Å². The van der Waals surface area contributed by atoms with Gasteiger partial charge in [-0.15, -0.1) is 0 Å². The third kappa shape index (κ3) is 5.42. The molecule has 35 heavy (non-hydrogen) atoms. The van der Waals surface area contributed by atoms with Gasteiger partial charge in [-0.2, -0.15) is 0 Å². The van der Waals surface area contributed by atoms with Crippen molar-refractivity contribution in [1.82, 2.24) is 14.9 Å². The number of hydrogen-bond donors (Lipinski definition) is 2. The molecule has 0 bridgehead atoms. The topological polar surface area (TPSA) is 120 Å². The number of carboxylic acid groups (broad SMARTS) is 1. The number of carbonyl (C=O) groups is 3. The van der Waals surface area contributed by atoms with Gasteiger partial charge in [0.2, 0.25) is 5.82 Å². The van der Waals surface area contributed by atoms with Crippen molar-refractivity contribution >= 4 is 40.6 Å². The molecular formula is C25H20ClN3O6. The Labute approximate surface area is 204 Å². The highest BCUT2D eigenvalue weighted by Crippen LogP contribution is 2.28. The molecule has 3 aromatic carbocycles. The van der Waals surface area contributed by atoms with Crippen LogP contribution in [0.3, 0.4) is 0 Å². The van der Waals surface area contributed by atoms with Crippen LogP contribution in [0.5, 0.6) is 5.75 Å². The van der Waals surface area contributed by atoms with Crippen LogP contribution in [0.4, 0.5) is 4.79 Å². The Hall–Kier alpha value is -4.37. The molecule has 178 valence electrons. The highest BCUT2D eigenvalue weighted by atomic mass is 35.5. The van der Waals surface area contributed by atoms with Gasteiger partial charge in [0.05, 0.1) is 18.1 Å². The second-order valence-corrected chi connectivity index (χ2v) is 7.90. The molecule has 4 aromatic rings. The van der Waals surface area contributed by atoms with Gasteiger partial charge in [-0.05, 0) is 53.1 Å². The van der Waals surface area contributed by atoms with Crippen molar-refractivity contribution in [1.29, 1.82) is 0 Å². The third-order valence-electron chi connectivity index (χ3n) is 5.13. The number of imidazole rings is 1. The van der Waals surface area contributed by atoms with E-state index >= 15 is 0 Å². The summed E-state index contributed by atoms with van der Waals surface area (Å²) in [6, 6.07) is 19.7. The van der Waals surface area contributed by atoms with Crippen LogP contribution >= 0.6 is 11.6 Å². The molecular weight excluding hydrogens is 474 g/mol. The molecule has 0 atom stereocenters. The number of ether oxygens (including phenoxy) is 2. The zero-order valence-corrected chi connectivity index (χ0v) is 19.3. The zero-order chi connectivity index (χ0) is 24.9. The van der Waals surface area contributed by atoms with E-state index in [0.717, 1.165) is 15.7 Å². The van der Waals surface area contributed by atoms with Crippen molar-refractivity contribution in [3.63, 3.8) is 0 Å². The van der Waals surface area contributed by atoms with Crippen molar-refractivity contribution in [2.24, 2.45) is 0 Å². The number of rotatable bonds is 7. The molecule has 0 spiro atoms. The molecule has 0 fully saturated rings. The summed E-state index contributed by atoms with van der Waals surface area (Å²) in [7, 11) is 1.18. The van der Waals surface area contributed by atoms with Gasteiger partial charge in [0.1, 0.15) is 18.9 Å². The van der Waals surface area contributed by atoms with E-state index in [4.69, 9.17) is 16.3 Å². The monoisotopic (exact) mass is 493 g/mol. The van der Waals surface area contributed by atoms with E-state index in [0.29, 0.717) is 28.5 Å². The summed E-state index contributed by atoms with van der Waals surface area (Å²) in [5, 5.41) is 12.7. The fourth-order valence-corrected chi connectivity index (χ4v) is 3.68. The first-order chi connectivity index (χ1) is 16.9. The molecule has 0 aliphatic heterocycles. The van der Waals surface area contributed by atoms with Crippen LogP contribution in [0, 0.1) is 0 Å². The van der Waals surface area contributed by atoms with Crippen molar-refractivity contribution in [2.75, 3.05) is 13.7 Å². The standard InChI is InChI=1S/C25H20ClN3O6/c1-34-22(30)13-27-24(31)23-28-20-9-8-17(12-21(20)29(23)25(32)33)16-5-3-7-19(11-16)35-14-15-4-2-6-18(26)10-15/h2-12H,13-14H2,1H3,(H,27,31)(H,32,33). The number of benzene rings is 3. The quantitative estimate of drug-likeness (QED) is 0.367. The van der Waals surface area contributed by atoms with Crippen molar-refractivity contribution < 1.29 is 29.0 Å². The van der Waals surface area contributed by atoms with E-state index in [9.17, 15) is 19.5 Å². The summed E-state index contributed by atoms with van der Waals surface area (Å²) < 4.78 is 11.2. The van der Waals surface area contributed by atoms with Crippen LogP contribution in [0.15, 0.2) is 66.7 Å². The molecule has 1 heterocycles. The normalized spacial score (nSPS) is 10.7. The molecule has 1 amide bonds. The second-order valence-electron chi connectivity index (χ2n) is 7.46. The molecule has 4 rings (SSSR count). The van der Waals surface area contributed by atoms with E-state index in [1.165, 1.54) is 7.11 Å². The summed E-state index contributed by atoms with van der Waals surface area (Å²) in [5.41, 5.74) is 2.95. The molecule has 9 nitrogen and oxygen atoms in total. The van der Waals surface area contributed by atoms with Gasteiger partial charge in [0.15, 0.2) is 0 Å². The fourth-order valence-electron chi connectivity index (χ4n) is 3.46. The van der Waals surface area contributed by atoms with Crippen LogP contribution in [0.2, 0.25) is 5.02 Å². The maximum Gasteiger partial charge on any atom is 0.417 e. The average molecular weight is 494 g/mol. The summed E-state index contributed by atoms with van der Waals surface area (Å²) in [4.78, 5) is 39.9. The fraction of sp³-hybridized carbons (Fsp3) is 0.120. The van der Waals surface area contributed by atoms with Crippen molar-refractivity contribution in [3.05, 3.63) is 83.1 Å². The number of fused-ring (bicyclic) bond motifs is 1. The van der Waals surface area contributed by atoms with E-state index in [2.05, 4.69) is 15.0 Å². The first-order valence-electron chi connectivity index (χ1n) is 10.4. The number of esters is 1. The van der Waals surface area contributed by atoms with Crippen LogP contribution in [0.25, 0.3) is 22.2 Å². The number of aromatic nitrogens is 2. The lowest BCUT2D eigenvalue weighted by Crippen LogP contribution is -2.33. The van der Waals surface area contributed by atoms with Crippen molar-refractivity contribution in [3.8, 4) is 16.9 Å². The van der Waals surface area contributed by atoms with E-state index < -0.39 is 24.5 Å². The van der Waals surface area contributed by atoms with Crippen molar-refractivity contribution in [2.45, 2.75) is 6.61 Å².